The zero-order valence-electron chi connectivity index (χ0n) is 10.1. The number of hydrogen-bond acceptors (Lipinski definition) is 2. The van der Waals surface area contributed by atoms with E-state index in [4.69, 9.17) is 0 Å². The van der Waals surface area contributed by atoms with Crippen LogP contribution in [0.15, 0.2) is 18.2 Å². The Morgan fingerprint density at radius 2 is 2.18 bits per heavy atom. The predicted molar refractivity (Wildman–Crippen MR) is 66.2 cm³/mol. The SMILES string of the molecule is CCC(=O)N1CCc2cc(C(=O)NC)ccc21. The molecule has 2 rings (SSSR count). The van der Waals surface area contributed by atoms with Crippen LogP contribution in [0.3, 0.4) is 0 Å². The molecule has 0 fully saturated rings. The number of rotatable bonds is 2. The minimum absolute atomic E-state index is 0.0898. The lowest BCUT2D eigenvalue weighted by Crippen LogP contribution is -2.27. The van der Waals surface area contributed by atoms with Crippen molar-refractivity contribution in [1.82, 2.24) is 5.32 Å². The molecule has 0 spiro atoms. The second kappa shape index (κ2) is 4.57. The largest absolute Gasteiger partial charge is 0.355 e. The molecule has 4 heteroatoms. The molecule has 0 aromatic heterocycles. The van der Waals surface area contributed by atoms with E-state index >= 15 is 0 Å². The van der Waals surface area contributed by atoms with E-state index in [1.54, 1.807) is 18.0 Å². The van der Waals surface area contributed by atoms with E-state index in [2.05, 4.69) is 5.32 Å². The van der Waals surface area contributed by atoms with Gasteiger partial charge >= 0.3 is 0 Å². The lowest BCUT2D eigenvalue weighted by atomic mass is 10.1. The first kappa shape index (κ1) is 11.6. The Hall–Kier alpha value is -1.84. The molecule has 2 amide bonds. The predicted octanol–water partition coefficient (Wildman–Crippen LogP) is 1.35. The van der Waals surface area contributed by atoms with Gasteiger partial charge in [-0.15, -0.1) is 0 Å². The van der Waals surface area contributed by atoms with Crippen molar-refractivity contribution >= 4 is 17.5 Å². The number of nitrogens with one attached hydrogen (secondary N) is 1. The zero-order chi connectivity index (χ0) is 12.4. The summed E-state index contributed by atoms with van der Waals surface area (Å²) in [6, 6.07) is 5.50. The second-order valence-corrected chi connectivity index (χ2v) is 4.07. The number of amides is 2. The van der Waals surface area contributed by atoms with Gasteiger partial charge in [-0.3, -0.25) is 9.59 Å². The highest BCUT2D eigenvalue weighted by Crippen LogP contribution is 2.29. The van der Waals surface area contributed by atoms with E-state index < -0.39 is 0 Å². The smallest absolute Gasteiger partial charge is 0.251 e. The normalized spacial score (nSPS) is 13.4. The van der Waals surface area contributed by atoms with Crippen molar-refractivity contribution in [2.75, 3.05) is 18.5 Å². The number of carbonyl (C=O) groups excluding carboxylic acids is 2. The summed E-state index contributed by atoms with van der Waals surface area (Å²) in [5.41, 5.74) is 2.68. The molecular weight excluding hydrogens is 216 g/mol. The molecule has 0 radical (unpaired) electrons. The summed E-state index contributed by atoms with van der Waals surface area (Å²) in [4.78, 5) is 25.0. The van der Waals surface area contributed by atoms with Gasteiger partial charge in [-0.1, -0.05) is 6.92 Å². The molecule has 1 heterocycles. The molecule has 1 aromatic carbocycles. The van der Waals surface area contributed by atoms with E-state index in [1.165, 1.54) is 0 Å². The van der Waals surface area contributed by atoms with E-state index in [-0.39, 0.29) is 11.8 Å². The molecule has 0 atom stereocenters. The molecular formula is C13H16N2O2. The van der Waals surface area contributed by atoms with Gasteiger partial charge in [0.15, 0.2) is 0 Å². The maximum atomic E-state index is 11.7. The van der Waals surface area contributed by atoms with Crippen molar-refractivity contribution in [2.24, 2.45) is 0 Å². The highest BCUT2D eigenvalue weighted by Gasteiger charge is 2.24. The van der Waals surface area contributed by atoms with Crippen LogP contribution >= 0.6 is 0 Å². The van der Waals surface area contributed by atoms with Crippen LogP contribution in [-0.4, -0.2) is 25.4 Å². The van der Waals surface area contributed by atoms with Crippen LogP contribution in [0.4, 0.5) is 5.69 Å². The second-order valence-electron chi connectivity index (χ2n) is 4.07. The summed E-state index contributed by atoms with van der Waals surface area (Å²) in [6.07, 6.45) is 1.34. The van der Waals surface area contributed by atoms with Crippen molar-refractivity contribution in [3.05, 3.63) is 29.3 Å². The third kappa shape index (κ3) is 2.02. The number of nitrogens with zero attached hydrogens (tertiary/aromatic N) is 1. The van der Waals surface area contributed by atoms with Gasteiger partial charge in [-0.2, -0.15) is 0 Å². The molecule has 0 aliphatic carbocycles. The van der Waals surface area contributed by atoms with Crippen LogP contribution in [-0.2, 0) is 11.2 Å². The van der Waals surface area contributed by atoms with Crippen LogP contribution in [0, 0.1) is 0 Å². The fourth-order valence-corrected chi connectivity index (χ4v) is 2.14. The molecule has 17 heavy (non-hydrogen) atoms. The van der Waals surface area contributed by atoms with Gasteiger partial charge in [0.25, 0.3) is 5.91 Å². The van der Waals surface area contributed by atoms with Crippen LogP contribution in [0.2, 0.25) is 0 Å². The molecule has 1 aromatic rings. The summed E-state index contributed by atoms with van der Waals surface area (Å²) in [5, 5.41) is 2.60. The summed E-state index contributed by atoms with van der Waals surface area (Å²) in [5.74, 6) is 0.0458. The Morgan fingerprint density at radius 3 is 2.82 bits per heavy atom. The Kier molecular flexibility index (Phi) is 3.13. The summed E-state index contributed by atoms with van der Waals surface area (Å²) < 4.78 is 0. The third-order valence-electron chi connectivity index (χ3n) is 3.07. The molecule has 0 saturated carbocycles. The molecule has 1 aliphatic heterocycles. The Balaban J connectivity index is 2.32. The van der Waals surface area contributed by atoms with Crippen molar-refractivity contribution < 1.29 is 9.59 Å². The van der Waals surface area contributed by atoms with Crippen LogP contribution in [0.5, 0.6) is 0 Å². The summed E-state index contributed by atoms with van der Waals surface area (Å²) >= 11 is 0. The minimum Gasteiger partial charge on any atom is -0.355 e. The van der Waals surface area contributed by atoms with Crippen molar-refractivity contribution in [1.29, 1.82) is 0 Å². The van der Waals surface area contributed by atoms with Crippen molar-refractivity contribution in [3.8, 4) is 0 Å². The van der Waals surface area contributed by atoms with E-state index in [1.807, 2.05) is 19.1 Å². The fraction of sp³-hybridized carbons (Fsp3) is 0.385. The Labute approximate surface area is 101 Å². The molecule has 0 bridgehead atoms. The quantitative estimate of drug-likeness (QED) is 0.836. The number of carbonyl (C=O) groups is 2. The van der Waals surface area contributed by atoms with Gasteiger partial charge in [0.05, 0.1) is 0 Å². The zero-order valence-corrected chi connectivity index (χ0v) is 10.1. The van der Waals surface area contributed by atoms with Crippen LogP contribution in [0.1, 0.15) is 29.3 Å². The molecule has 1 aliphatic rings. The number of hydrogen-bond donors (Lipinski definition) is 1. The van der Waals surface area contributed by atoms with Crippen molar-refractivity contribution in [2.45, 2.75) is 19.8 Å². The van der Waals surface area contributed by atoms with Gasteiger partial charge < -0.3 is 10.2 Å². The lowest BCUT2D eigenvalue weighted by molar-refractivity contribution is -0.118. The van der Waals surface area contributed by atoms with E-state index in [0.29, 0.717) is 12.0 Å². The highest BCUT2D eigenvalue weighted by molar-refractivity contribution is 5.98. The average Bonchev–Trinajstić information content (AvgIpc) is 2.79. The number of benzene rings is 1. The Bertz CT molecular complexity index is 468. The standard InChI is InChI=1S/C13H16N2O2/c1-3-12(16)15-7-6-9-8-10(13(17)14-2)4-5-11(9)15/h4-5,8H,3,6-7H2,1-2H3,(H,14,17). The molecule has 0 saturated heterocycles. The molecule has 1 N–H and O–H groups in total. The highest BCUT2D eigenvalue weighted by atomic mass is 16.2. The van der Waals surface area contributed by atoms with Gasteiger partial charge in [0, 0.05) is 31.3 Å². The van der Waals surface area contributed by atoms with Gasteiger partial charge in [-0.25, -0.2) is 0 Å². The monoisotopic (exact) mass is 232 g/mol. The molecule has 0 unspecified atom stereocenters. The first-order valence-electron chi connectivity index (χ1n) is 5.82. The fourth-order valence-electron chi connectivity index (χ4n) is 2.14. The third-order valence-corrected chi connectivity index (χ3v) is 3.07. The van der Waals surface area contributed by atoms with Crippen LogP contribution in [0.25, 0.3) is 0 Å². The lowest BCUT2D eigenvalue weighted by Gasteiger charge is -2.16. The minimum atomic E-state index is -0.0898. The van der Waals surface area contributed by atoms with Crippen molar-refractivity contribution in [3.63, 3.8) is 0 Å². The number of anilines is 1. The van der Waals surface area contributed by atoms with E-state index in [0.717, 1.165) is 24.2 Å². The van der Waals surface area contributed by atoms with Crippen LogP contribution < -0.4 is 10.2 Å². The first-order chi connectivity index (χ1) is 8.17. The topological polar surface area (TPSA) is 49.4 Å². The Morgan fingerprint density at radius 1 is 1.41 bits per heavy atom. The van der Waals surface area contributed by atoms with Gasteiger partial charge in [0.1, 0.15) is 0 Å². The maximum absolute atomic E-state index is 11.7. The number of fused-ring (bicyclic) bond motifs is 1. The van der Waals surface area contributed by atoms with Gasteiger partial charge in [-0.05, 0) is 30.2 Å². The summed E-state index contributed by atoms with van der Waals surface area (Å²) in [7, 11) is 1.61. The molecule has 4 nitrogen and oxygen atoms in total. The first-order valence-corrected chi connectivity index (χ1v) is 5.82. The average molecular weight is 232 g/mol. The molecule has 90 valence electrons. The van der Waals surface area contributed by atoms with E-state index in [9.17, 15) is 9.59 Å². The van der Waals surface area contributed by atoms with Gasteiger partial charge in [0.2, 0.25) is 5.91 Å². The summed E-state index contributed by atoms with van der Waals surface area (Å²) in [6.45, 7) is 2.58. The maximum Gasteiger partial charge on any atom is 0.251 e.